The molecule has 0 atom stereocenters. The van der Waals surface area contributed by atoms with E-state index < -0.39 is 35.6 Å². The van der Waals surface area contributed by atoms with Crippen LogP contribution >= 0.6 is 0 Å². The second kappa shape index (κ2) is 8.77. The van der Waals surface area contributed by atoms with E-state index in [0.717, 1.165) is 17.7 Å². The average molecular weight is 348 g/mol. The SMILES string of the molecule is COc1ccccc1CCNC(=O)CC(=O)Nc1c(F)cccc1F. The van der Waals surface area contributed by atoms with E-state index in [2.05, 4.69) is 10.6 Å². The second-order valence-electron chi connectivity index (χ2n) is 5.23. The molecule has 5 nitrogen and oxygen atoms in total. The molecule has 2 aromatic rings. The number of rotatable bonds is 7. The zero-order chi connectivity index (χ0) is 18.2. The molecular weight excluding hydrogens is 330 g/mol. The minimum atomic E-state index is -0.898. The Labute approximate surface area is 144 Å². The number of ether oxygens (including phenoxy) is 1. The molecule has 0 aliphatic rings. The van der Waals surface area contributed by atoms with Crippen molar-refractivity contribution in [3.8, 4) is 5.75 Å². The molecule has 7 heteroatoms. The Morgan fingerprint density at radius 3 is 2.36 bits per heavy atom. The number of benzene rings is 2. The van der Waals surface area contributed by atoms with Crippen LogP contribution in [0.5, 0.6) is 5.75 Å². The van der Waals surface area contributed by atoms with Crippen LogP contribution in [0.1, 0.15) is 12.0 Å². The van der Waals surface area contributed by atoms with E-state index in [9.17, 15) is 18.4 Å². The highest BCUT2D eigenvalue weighted by Crippen LogP contribution is 2.18. The lowest BCUT2D eigenvalue weighted by molar-refractivity contribution is -0.126. The summed E-state index contributed by atoms with van der Waals surface area (Å²) in [6, 6.07) is 10.6. The lowest BCUT2D eigenvalue weighted by atomic mass is 10.1. The summed E-state index contributed by atoms with van der Waals surface area (Å²) in [7, 11) is 1.56. The van der Waals surface area contributed by atoms with E-state index in [4.69, 9.17) is 4.74 Å². The zero-order valence-electron chi connectivity index (χ0n) is 13.6. The number of carbonyl (C=O) groups is 2. The van der Waals surface area contributed by atoms with E-state index in [1.54, 1.807) is 7.11 Å². The van der Waals surface area contributed by atoms with Crippen LogP contribution in [0, 0.1) is 11.6 Å². The molecule has 0 aliphatic carbocycles. The average Bonchev–Trinajstić information content (AvgIpc) is 2.58. The van der Waals surface area contributed by atoms with Crippen molar-refractivity contribution in [2.75, 3.05) is 19.0 Å². The maximum absolute atomic E-state index is 13.4. The monoisotopic (exact) mass is 348 g/mol. The fourth-order valence-corrected chi connectivity index (χ4v) is 2.26. The predicted molar refractivity (Wildman–Crippen MR) is 89.3 cm³/mol. The van der Waals surface area contributed by atoms with Crippen LogP contribution in [0.3, 0.4) is 0 Å². The van der Waals surface area contributed by atoms with E-state index >= 15 is 0 Å². The van der Waals surface area contributed by atoms with Gasteiger partial charge in [0.1, 0.15) is 29.5 Å². The first-order chi connectivity index (χ1) is 12.0. The van der Waals surface area contributed by atoms with Gasteiger partial charge < -0.3 is 15.4 Å². The Morgan fingerprint density at radius 2 is 1.68 bits per heavy atom. The van der Waals surface area contributed by atoms with Crippen molar-refractivity contribution in [2.24, 2.45) is 0 Å². The molecule has 0 aliphatic heterocycles. The van der Waals surface area contributed by atoms with Crippen LogP contribution in [0.4, 0.5) is 14.5 Å². The van der Waals surface area contributed by atoms with Gasteiger partial charge in [0.2, 0.25) is 11.8 Å². The molecule has 0 saturated carbocycles. The number of methoxy groups -OCH3 is 1. The number of halogens is 2. The van der Waals surface area contributed by atoms with Gasteiger partial charge in [0.05, 0.1) is 7.11 Å². The van der Waals surface area contributed by atoms with Crippen LogP contribution in [-0.4, -0.2) is 25.5 Å². The van der Waals surface area contributed by atoms with Crippen molar-refractivity contribution in [3.05, 3.63) is 59.7 Å². The van der Waals surface area contributed by atoms with Crippen LogP contribution in [-0.2, 0) is 16.0 Å². The van der Waals surface area contributed by atoms with Gasteiger partial charge in [-0.2, -0.15) is 0 Å². The Morgan fingerprint density at radius 1 is 1.00 bits per heavy atom. The molecule has 25 heavy (non-hydrogen) atoms. The molecule has 0 spiro atoms. The quantitative estimate of drug-likeness (QED) is 0.756. The van der Waals surface area contributed by atoms with Gasteiger partial charge in [0.15, 0.2) is 0 Å². The first kappa shape index (κ1) is 18.4. The number of nitrogens with one attached hydrogen (secondary N) is 2. The smallest absolute Gasteiger partial charge is 0.233 e. The molecule has 0 aromatic heterocycles. The van der Waals surface area contributed by atoms with E-state index in [1.807, 2.05) is 24.3 Å². The molecule has 0 unspecified atom stereocenters. The van der Waals surface area contributed by atoms with E-state index in [-0.39, 0.29) is 0 Å². The number of anilines is 1. The fraction of sp³-hybridized carbons (Fsp3) is 0.222. The molecule has 132 valence electrons. The maximum atomic E-state index is 13.4. The molecule has 2 rings (SSSR count). The number of hydrogen-bond acceptors (Lipinski definition) is 3. The lowest BCUT2D eigenvalue weighted by Gasteiger charge is -2.10. The lowest BCUT2D eigenvalue weighted by Crippen LogP contribution is -2.30. The first-order valence-electron chi connectivity index (χ1n) is 7.63. The van der Waals surface area contributed by atoms with Gasteiger partial charge in [-0.1, -0.05) is 24.3 Å². The van der Waals surface area contributed by atoms with Crippen molar-refractivity contribution in [1.82, 2.24) is 5.32 Å². The van der Waals surface area contributed by atoms with E-state index in [0.29, 0.717) is 18.7 Å². The molecule has 0 heterocycles. The molecule has 0 bridgehead atoms. The fourth-order valence-electron chi connectivity index (χ4n) is 2.26. The summed E-state index contributed by atoms with van der Waals surface area (Å²) in [4.78, 5) is 23.5. The summed E-state index contributed by atoms with van der Waals surface area (Å²) < 4.78 is 32.1. The Hall–Kier alpha value is -2.96. The summed E-state index contributed by atoms with van der Waals surface area (Å²) in [6.07, 6.45) is -0.000979. The van der Waals surface area contributed by atoms with Crippen molar-refractivity contribution < 1.29 is 23.1 Å². The van der Waals surface area contributed by atoms with E-state index in [1.165, 1.54) is 6.07 Å². The van der Waals surface area contributed by atoms with Gasteiger partial charge in [0.25, 0.3) is 0 Å². The number of hydrogen-bond donors (Lipinski definition) is 2. The van der Waals surface area contributed by atoms with Crippen molar-refractivity contribution in [1.29, 1.82) is 0 Å². The molecular formula is C18H18F2N2O3. The van der Waals surface area contributed by atoms with Crippen molar-refractivity contribution >= 4 is 17.5 Å². The minimum Gasteiger partial charge on any atom is -0.496 e. The van der Waals surface area contributed by atoms with Crippen LogP contribution in [0.15, 0.2) is 42.5 Å². The first-order valence-corrected chi connectivity index (χ1v) is 7.63. The zero-order valence-corrected chi connectivity index (χ0v) is 13.6. The molecule has 2 aromatic carbocycles. The molecule has 0 fully saturated rings. The molecule has 2 amide bonds. The van der Waals surface area contributed by atoms with Crippen LogP contribution in [0.25, 0.3) is 0 Å². The normalized spacial score (nSPS) is 10.2. The van der Waals surface area contributed by atoms with Gasteiger partial charge in [-0.3, -0.25) is 9.59 Å². The summed E-state index contributed by atoms with van der Waals surface area (Å²) in [5, 5.41) is 4.65. The summed E-state index contributed by atoms with van der Waals surface area (Å²) in [6.45, 7) is 0.306. The number of carbonyl (C=O) groups excluding carboxylic acids is 2. The minimum absolute atomic E-state index is 0.306. The summed E-state index contributed by atoms with van der Waals surface area (Å²) >= 11 is 0. The predicted octanol–water partition coefficient (Wildman–Crippen LogP) is 2.66. The largest absolute Gasteiger partial charge is 0.496 e. The number of para-hydroxylation sites is 2. The summed E-state index contributed by atoms with van der Waals surface area (Å²) in [5.41, 5.74) is 0.359. The van der Waals surface area contributed by atoms with Gasteiger partial charge >= 0.3 is 0 Å². The molecule has 2 N–H and O–H groups in total. The van der Waals surface area contributed by atoms with Crippen molar-refractivity contribution in [3.63, 3.8) is 0 Å². The van der Waals surface area contributed by atoms with Crippen molar-refractivity contribution in [2.45, 2.75) is 12.8 Å². The second-order valence-corrected chi connectivity index (χ2v) is 5.23. The van der Waals surface area contributed by atoms with Gasteiger partial charge in [-0.25, -0.2) is 8.78 Å². The highest BCUT2D eigenvalue weighted by atomic mass is 19.1. The van der Waals surface area contributed by atoms with Gasteiger partial charge in [-0.05, 0) is 30.2 Å². The maximum Gasteiger partial charge on any atom is 0.233 e. The van der Waals surface area contributed by atoms with Crippen LogP contribution in [0.2, 0.25) is 0 Å². The third kappa shape index (κ3) is 5.27. The molecule has 0 saturated heterocycles. The molecule has 0 radical (unpaired) electrons. The Kier molecular flexibility index (Phi) is 6.45. The Balaban J connectivity index is 1.81. The highest BCUT2D eigenvalue weighted by Gasteiger charge is 2.14. The van der Waals surface area contributed by atoms with Crippen LogP contribution < -0.4 is 15.4 Å². The van der Waals surface area contributed by atoms with Gasteiger partial charge in [-0.15, -0.1) is 0 Å². The number of amides is 2. The Bertz CT molecular complexity index is 745. The highest BCUT2D eigenvalue weighted by molar-refractivity contribution is 6.03. The third-order valence-corrected chi connectivity index (χ3v) is 3.46. The topological polar surface area (TPSA) is 67.4 Å². The summed E-state index contributed by atoms with van der Waals surface area (Å²) in [5.74, 6) is -2.41. The standard InChI is InChI=1S/C18H18F2N2O3/c1-25-15-8-3-2-5-12(15)9-10-21-16(23)11-17(24)22-18-13(19)6-4-7-14(18)20/h2-8H,9-11H2,1H3,(H,21,23)(H,22,24). The van der Waals surface area contributed by atoms with Gasteiger partial charge in [0, 0.05) is 6.54 Å². The third-order valence-electron chi connectivity index (χ3n) is 3.46.